The maximum atomic E-state index is 13.8. The van der Waals surface area contributed by atoms with Crippen LogP contribution >= 0.6 is 0 Å². The van der Waals surface area contributed by atoms with Crippen molar-refractivity contribution in [2.75, 3.05) is 6.61 Å². The minimum absolute atomic E-state index is 0.00457. The molecule has 11 heteroatoms. The van der Waals surface area contributed by atoms with Crippen molar-refractivity contribution in [3.8, 4) is 28.1 Å². The van der Waals surface area contributed by atoms with Gasteiger partial charge in [-0.25, -0.2) is 9.50 Å². The zero-order valence-electron chi connectivity index (χ0n) is 17.3. The van der Waals surface area contributed by atoms with Gasteiger partial charge in [0, 0.05) is 23.0 Å². The van der Waals surface area contributed by atoms with Gasteiger partial charge in [-0.15, -0.1) is 0 Å². The smallest absolute Gasteiger partial charge is 0.433 e. The van der Waals surface area contributed by atoms with Gasteiger partial charge in [0.1, 0.15) is 5.75 Å². The van der Waals surface area contributed by atoms with E-state index in [1.807, 2.05) is 0 Å². The van der Waals surface area contributed by atoms with Gasteiger partial charge in [-0.3, -0.25) is 4.98 Å². The molecule has 0 unspecified atom stereocenters. The lowest BCUT2D eigenvalue weighted by molar-refractivity contribution is -0.142. The molecule has 0 saturated carbocycles. The zero-order valence-corrected chi connectivity index (χ0v) is 17.3. The largest absolute Gasteiger partial charge is 0.493 e. The molecule has 33 heavy (non-hydrogen) atoms. The van der Waals surface area contributed by atoms with Crippen molar-refractivity contribution in [2.24, 2.45) is 0 Å². The Morgan fingerprint density at radius 2 is 1.70 bits per heavy atom. The Balaban J connectivity index is 1.98. The Bertz CT molecular complexity index is 1330. The van der Waals surface area contributed by atoms with E-state index < -0.39 is 29.4 Å². The second-order valence-corrected chi connectivity index (χ2v) is 7.15. The predicted molar refractivity (Wildman–Crippen MR) is 108 cm³/mol. The van der Waals surface area contributed by atoms with Crippen LogP contribution in [0.1, 0.15) is 23.9 Å². The van der Waals surface area contributed by atoms with E-state index in [0.29, 0.717) is 21.8 Å². The number of hydrogen-bond donors (Lipinski definition) is 0. The number of halogens is 6. The van der Waals surface area contributed by atoms with Gasteiger partial charge in [-0.05, 0) is 55.8 Å². The first-order chi connectivity index (χ1) is 15.5. The minimum atomic E-state index is -4.83. The third-order valence-corrected chi connectivity index (χ3v) is 4.85. The average Bonchev–Trinajstić information content (AvgIpc) is 3.16. The number of hydrogen-bond acceptors (Lipinski definition) is 4. The lowest BCUT2D eigenvalue weighted by Gasteiger charge is -2.16. The average molecular weight is 466 g/mol. The number of aromatic nitrogens is 4. The first-order valence-electron chi connectivity index (χ1n) is 9.72. The van der Waals surface area contributed by atoms with E-state index in [-0.39, 0.29) is 29.1 Å². The van der Waals surface area contributed by atoms with Crippen LogP contribution in [-0.2, 0) is 12.4 Å². The van der Waals surface area contributed by atoms with Gasteiger partial charge in [-0.1, -0.05) is 0 Å². The zero-order chi connectivity index (χ0) is 24.0. The molecule has 172 valence electrons. The summed E-state index contributed by atoms with van der Waals surface area (Å²) in [5, 5.41) is 3.83. The Hall–Kier alpha value is -3.63. The van der Waals surface area contributed by atoms with Crippen molar-refractivity contribution in [2.45, 2.75) is 26.2 Å². The fourth-order valence-corrected chi connectivity index (χ4v) is 3.42. The molecule has 0 aliphatic heterocycles. The van der Waals surface area contributed by atoms with Crippen molar-refractivity contribution in [3.05, 3.63) is 65.7 Å². The van der Waals surface area contributed by atoms with Crippen LogP contribution in [0.4, 0.5) is 26.3 Å². The molecule has 0 aliphatic rings. The van der Waals surface area contributed by atoms with E-state index in [9.17, 15) is 26.3 Å². The molecule has 0 atom stereocenters. The normalized spacial score (nSPS) is 12.4. The van der Waals surface area contributed by atoms with Gasteiger partial charge in [-0.2, -0.15) is 31.4 Å². The molecule has 3 aromatic heterocycles. The second-order valence-electron chi connectivity index (χ2n) is 7.15. The number of benzene rings is 1. The Morgan fingerprint density at radius 1 is 0.939 bits per heavy atom. The quantitative estimate of drug-likeness (QED) is 0.336. The summed E-state index contributed by atoms with van der Waals surface area (Å²) in [6.07, 6.45) is -6.88. The van der Waals surface area contributed by atoms with Gasteiger partial charge >= 0.3 is 12.4 Å². The first kappa shape index (κ1) is 22.6. The standard InChI is InChI=1S/C22H16F6N4O/c1-3-33-18-5-4-14(9-16(18)21(23,24)25)17-10-19(22(26,27)28)32-20(31-17)15(11-30-32)13-6-7-29-12(2)8-13/h4-11H,3H2,1-2H3. The van der Waals surface area contributed by atoms with Crippen molar-refractivity contribution < 1.29 is 31.1 Å². The molecule has 4 rings (SSSR count). The highest BCUT2D eigenvalue weighted by Gasteiger charge is 2.37. The molecule has 3 heterocycles. The highest BCUT2D eigenvalue weighted by atomic mass is 19.4. The molecule has 0 radical (unpaired) electrons. The van der Waals surface area contributed by atoms with Crippen molar-refractivity contribution in [3.63, 3.8) is 0 Å². The maximum absolute atomic E-state index is 13.8. The number of rotatable bonds is 4. The van der Waals surface area contributed by atoms with E-state index in [4.69, 9.17) is 4.74 Å². The molecule has 0 N–H and O–H groups in total. The highest BCUT2D eigenvalue weighted by Crippen LogP contribution is 2.40. The summed E-state index contributed by atoms with van der Waals surface area (Å²) in [6, 6.07) is 6.96. The highest BCUT2D eigenvalue weighted by molar-refractivity contribution is 5.79. The monoisotopic (exact) mass is 466 g/mol. The first-order valence-corrected chi connectivity index (χ1v) is 9.72. The van der Waals surface area contributed by atoms with Gasteiger partial charge in [0.15, 0.2) is 11.3 Å². The number of aryl methyl sites for hydroxylation is 1. The molecule has 0 amide bonds. The lowest BCUT2D eigenvalue weighted by atomic mass is 10.0. The summed E-state index contributed by atoms with van der Waals surface area (Å²) in [5.41, 5.74) is -1.40. The van der Waals surface area contributed by atoms with Crippen LogP contribution in [-0.4, -0.2) is 26.2 Å². The number of pyridine rings is 1. The van der Waals surface area contributed by atoms with E-state index in [2.05, 4.69) is 15.1 Å². The Morgan fingerprint density at radius 3 is 2.33 bits per heavy atom. The summed E-state index contributed by atoms with van der Waals surface area (Å²) < 4.78 is 87.8. The third-order valence-electron chi connectivity index (χ3n) is 4.85. The number of fused-ring (bicyclic) bond motifs is 1. The summed E-state index contributed by atoms with van der Waals surface area (Å²) in [5.74, 6) is -0.414. The fourth-order valence-electron chi connectivity index (χ4n) is 3.42. The van der Waals surface area contributed by atoms with E-state index in [1.165, 1.54) is 25.4 Å². The molecular formula is C22H16F6N4O. The van der Waals surface area contributed by atoms with Gasteiger partial charge in [0.05, 0.1) is 24.1 Å². The topological polar surface area (TPSA) is 52.3 Å². The van der Waals surface area contributed by atoms with E-state index in [1.54, 1.807) is 19.1 Å². The predicted octanol–water partition coefficient (Wildman–Crippen LogP) is 6.20. The Kier molecular flexibility index (Phi) is 5.51. The van der Waals surface area contributed by atoms with E-state index in [0.717, 1.165) is 12.1 Å². The van der Waals surface area contributed by atoms with Crippen LogP contribution in [0.2, 0.25) is 0 Å². The van der Waals surface area contributed by atoms with Crippen molar-refractivity contribution in [1.82, 2.24) is 19.6 Å². The number of nitrogens with zero attached hydrogens (tertiary/aromatic N) is 4. The number of alkyl halides is 6. The molecule has 0 fully saturated rings. The SMILES string of the molecule is CCOc1ccc(-c2cc(C(F)(F)F)n3ncc(-c4ccnc(C)c4)c3n2)cc1C(F)(F)F. The van der Waals surface area contributed by atoms with Gasteiger partial charge in [0.2, 0.25) is 0 Å². The van der Waals surface area contributed by atoms with Crippen LogP contribution in [0.3, 0.4) is 0 Å². The van der Waals surface area contributed by atoms with Crippen molar-refractivity contribution in [1.29, 1.82) is 0 Å². The molecule has 5 nitrogen and oxygen atoms in total. The van der Waals surface area contributed by atoms with Gasteiger partial charge in [0.25, 0.3) is 0 Å². The molecular weight excluding hydrogens is 450 g/mol. The maximum Gasteiger partial charge on any atom is 0.433 e. The van der Waals surface area contributed by atoms with E-state index >= 15 is 0 Å². The van der Waals surface area contributed by atoms with Gasteiger partial charge < -0.3 is 4.74 Å². The van der Waals surface area contributed by atoms with Crippen LogP contribution in [0.25, 0.3) is 28.0 Å². The molecule has 0 bridgehead atoms. The van der Waals surface area contributed by atoms with Crippen LogP contribution < -0.4 is 4.74 Å². The van der Waals surface area contributed by atoms with Crippen LogP contribution in [0.5, 0.6) is 5.75 Å². The molecule has 0 spiro atoms. The number of ether oxygens (including phenoxy) is 1. The lowest BCUT2D eigenvalue weighted by Crippen LogP contribution is -2.14. The summed E-state index contributed by atoms with van der Waals surface area (Å²) in [6.45, 7) is 3.24. The third kappa shape index (κ3) is 4.35. The fraction of sp³-hybridized carbons (Fsp3) is 0.227. The molecule has 1 aromatic carbocycles. The summed E-state index contributed by atoms with van der Waals surface area (Å²) in [7, 11) is 0. The Labute approximate surface area is 183 Å². The summed E-state index contributed by atoms with van der Waals surface area (Å²) in [4.78, 5) is 8.32. The van der Waals surface area contributed by atoms with Crippen LogP contribution in [0, 0.1) is 6.92 Å². The minimum Gasteiger partial charge on any atom is -0.493 e. The molecule has 0 saturated heterocycles. The van der Waals surface area contributed by atoms with Crippen molar-refractivity contribution >= 4 is 5.65 Å². The van der Waals surface area contributed by atoms with Crippen LogP contribution in [0.15, 0.2) is 48.8 Å². The second kappa shape index (κ2) is 8.05. The molecule has 0 aliphatic carbocycles. The molecule has 4 aromatic rings. The summed E-state index contributed by atoms with van der Waals surface area (Å²) >= 11 is 0.